The van der Waals surface area contributed by atoms with E-state index in [9.17, 15) is 14.4 Å². The van der Waals surface area contributed by atoms with Crippen LogP contribution in [0.1, 0.15) is 330 Å². The maximum Gasteiger partial charge on any atom is 0.306 e. The first-order valence-corrected chi connectivity index (χ1v) is 29.2. The van der Waals surface area contributed by atoms with Crippen LogP contribution in [0.3, 0.4) is 0 Å². The predicted molar refractivity (Wildman–Crippen MR) is 280 cm³/mol. The molecule has 0 saturated carbocycles. The summed E-state index contributed by atoms with van der Waals surface area (Å²) < 4.78 is 16.9. The van der Waals surface area contributed by atoms with E-state index >= 15 is 0 Å². The van der Waals surface area contributed by atoms with Gasteiger partial charge in [0, 0.05) is 19.3 Å². The minimum atomic E-state index is -0.763. The Morgan fingerprint density at radius 2 is 0.508 bits per heavy atom. The van der Waals surface area contributed by atoms with Crippen molar-refractivity contribution >= 4 is 17.9 Å². The second-order valence-electron chi connectivity index (χ2n) is 21.2. The van der Waals surface area contributed by atoms with Crippen molar-refractivity contribution in [3.63, 3.8) is 0 Å². The number of unbranched alkanes of at least 4 members (excludes halogenated alkanes) is 38. The first kappa shape index (κ1) is 63.4. The Morgan fingerprint density at radius 1 is 0.292 bits per heavy atom. The van der Waals surface area contributed by atoms with Gasteiger partial charge in [0.25, 0.3) is 0 Å². The third-order valence-electron chi connectivity index (χ3n) is 13.5. The highest BCUT2D eigenvalue weighted by molar-refractivity contribution is 5.71. The van der Waals surface area contributed by atoms with Gasteiger partial charge >= 0.3 is 17.9 Å². The molecule has 0 amide bonds. The van der Waals surface area contributed by atoms with Crippen LogP contribution in [0, 0.1) is 11.8 Å². The van der Waals surface area contributed by atoms with Crippen LogP contribution in [0.2, 0.25) is 0 Å². The maximum atomic E-state index is 12.9. The Bertz CT molecular complexity index is 993. The molecule has 0 fully saturated rings. The van der Waals surface area contributed by atoms with Gasteiger partial charge < -0.3 is 14.2 Å². The van der Waals surface area contributed by atoms with Gasteiger partial charge in [-0.25, -0.2) is 0 Å². The number of carbonyl (C=O) groups excluding carboxylic acids is 3. The standard InChI is InChI=1S/C59H114O6/c1-6-7-8-9-10-11-12-13-14-15-16-17-22-25-30-36-41-46-51-59(62)65-56(53-64-58(61)50-45-40-35-31-26-28-33-38-43-48-55(4)5)52-63-57(60)49-44-39-34-29-24-21-19-18-20-23-27-32-37-42-47-54(2)3/h54-56H,6-53H2,1-5H3/t56-/m0/s1. The molecule has 0 aliphatic heterocycles. The molecule has 386 valence electrons. The highest BCUT2D eigenvalue weighted by atomic mass is 16.6. The topological polar surface area (TPSA) is 78.9 Å². The normalized spacial score (nSPS) is 12.0. The fraction of sp³-hybridized carbons (Fsp3) is 0.949. The molecule has 6 heteroatoms. The molecule has 0 N–H and O–H groups in total. The van der Waals surface area contributed by atoms with E-state index in [0.29, 0.717) is 19.3 Å². The molecule has 0 aromatic carbocycles. The molecule has 0 aliphatic rings. The monoisotopic (exact) mass is 919 g/mol. The number of hydrogen-bond acceptors (Lipinski definition) is 6. The van der Waals surface area contributed by atoms with Gasteiger partial charge in [0.05, 0.1) is 0 Å². The molecule has 65 heavy (non-hydrogen) atoms. The van der Waals surface area contributed by atoms with Crippen LogP contribution >= 0.6 is 0 Å². The molecule has 0 saturated heterocycles. The van der Waals surface area contributed by atoms with Crippen molar-refractivity contribution in [2.24, 2.45) is 11.8 Å². The lowest BCUT2D eigenvalue weighted by Gasteiger charge is -2.18. The lowest BCUT2D eigenvalue weighted by molar-refractivity contribution is -0.167. The second-order valence-corrected chi connectivity index (χ2v) is 21.2. The average molecular weight is 920 g/mol. The summed E-state index contributed by atoms with van der Waals surface area (Å²) in [7, 11) is 0. The summed E-state index contributed by atoms with van der Waals surface area (Å²) in [5, 5.41) is 0. The molecule has 0 spiro atoms. The molecule has 0 aliphatic carbocycles. The van der Waals surface area contributed by atoms with Crippen LogP contribution in [0.4, 0.5) is 0 Å². The van der Waals surface area contributed by atoms with Gasteiger partial charge in [-0.2, -0.15) is 0 Å². The Labute approximate surface area is 406 Å². The summed E-state index contributed by atoms with van der Waals surface area (Å²) >= 11 is 0. The lowest BCUT2D eigenvalue weighted by Crippen LogP contribution is -2.30. The van der Waals surface area contributed by atoms with Crippen LogP contribution in [-0.4, -0.2) is 37.2 Å². The van der Waals surface area contributed by atoms with Gasteiger partial charge in [-0.15, -0.1) is 0 Å². The Hall–Kier alpha value is -1.59. The number of carbonyl (C=O) groups is 3. The van der Waals surface area contributed by atoms with Crippen molar-refractivity contribution in [2.45, 2.75) is 336 Å². The summed E-state index contributed by atoms with van der Waals surface area (Å²) in [6, 6.07) is 0. The van der Waals surface area contributed by atoms with Gasteiger partial charge in [-0.05, 0) is 31.1 Å². The van der Waals surface area contributed by atoms with Crippen molar-refractivity contribution in [3.05, 3.63) is 0 Å². The predicted octanol–water partition coefficient (Wildman–Crippen LogP) is 19.3. The summed E-state index contributed by atoms with van der Waals surface area (Å²) in [6.45, 7) is 11.4. The van der Waals surface area contributed by atoms with Crippen LogP contribution in [-0.2, 0) is 28.6 Å². The van der Waals surface area contributed by atoms with Crippen molar-refractivity contribution in [1.82, 2.24) is 0 Å². The van der Waals surface area contributed by atoms with Gasteiger partial charge in [-0.3, -0.25) is 14.4 Å². The van der Waals surface area contributed by atoms with E-state index in [-0.39, 0.29) is 31.1 Å². The number of hydrogen-bond donors (Lipinski definition) is 0. The molecule has 0 rings (SSSR count). The SMILES string of the molecule is CCCCCCCCCCCCCCCCCCCCC(=O)O[C@@H](COC(=O)CCCCCCCCCCCCCCCCC(C)C)COC(=O)CCCCCCCCCCCC(C)C. The highest BCUT2D eigenvalue weighted by Crippen LogP contribution is 2.18. The van der Waals surface area contributed by atoms with Crippen molar-refractivity contribution < 1.29 is 28.6 Å². The average Bonchev–Trinajstić information content (AvgIpc) is 3.28. The number of rotatable bonds is 53. The van der Waals surface area contributed by atoms with Gasteiger partial charge in [0.2, 0.25) is 0 Å². The van der Waals surface area contributed by atoms with E-state index < -0.39 is 6.10 Å². The summed E-state index contributed by atoms with van der Waals surface area (Å²) in [4.78, 5) is 38.1. The van der Waals surface area contributed by atoms with E-state index in [0.717, 1.165) is 69.6 Å². The van der Waals surface area contributed by atoms with E-state index in [4.69, 9.17) is 14.2 Å². The number of ether oxygens (including phenoxy) is 3. The van der Waals surface area contributed by atoms with Crippen LogP contribution in [0.15, 0.2) is 0 Å². The smallest absolute Gasteiger partial charge is 0.306 e. The zero-order valence-corrected chi connectivity index (χ0v) is 44.6. The molecule has 0 bridgehead atoms. The third-order valence-corrected chi connectivity index (χ3v) is 13.5. The zero-order chi connectivity index (χ0) is 47.5. The van der Waals surface area contributed by atoms with E-state index in [1.54, 1.807) is 0 Å². The minimum absolute atomic E-state index is 0.0629. The molecule has 1 atom stereocenters. The van der Waals surface area contributed by atoms with E-state index in [1.807, 2.05) is 0 Å². The molecule has 0 aromatic rings. The van der Waals surface area contributed by atoms with Crippen LogP contribution in [0.5, 0.6) is 0 Å². The first-order valence-electron chi connectivity index (χ1n) is 29.2. The third kappa shape index (κ3) is 53.2. The van der Waals surface area contributed by atoms with Gasteiger partial charge in [-0.1, -0.05) is 291 Å². The molecular weight excluding hydrogens is 805 g/mol. The van der Waals surface area contributed by atoms with E-state index in [2.05, 4.69) is 34.6 Å². The minimum Gasteiger partial charge on any atom is -0.462 e. The zero-order valence-electron chi connectivity index (χ0n) is 44.6. The van der Waals surface area contributed by atoms with Gasteiger partial charge in [0.1, 0.15) is 13.2 Å². The Balaban J connectivity index is 4.28. The summed E-state index contributed by atoms with van der Waals surface area (Å²) in [5.41, 5.74) is 0. The molecule has 0 aromatic heterocycles. The van der Waals surface area contributed by atoms with Crippen LogP contribution in [0.25, 0.3) is 0 Å². The Kier molecular flexibility index (Phi) is 50.5. The largest absolute Gasteiger partial charge is 0.462 e. The second kappa shape index (κ2) is 51.8. The molecular formula is C59H114O6. The molecule has 0 heterocycles. The molecule has 0 radical (unpaired) electrons. The number of esters is 3. The lowest BCUT2D eigenvalue weighted by atomic mass is 10.0. The fourth-order valence-electron chi connectivity index (χ4n) is 9.05. The van der Waals surface area contributed by atoms with Crippen molar-refractivity contribution in [2.75, 3.05) is 13.2 Å². The molecule has 0 unspecified atom stereocenters. The quantitative estimate of drug-likeness (QED) is 0.0344. The summed E-state index contributed by atoms with van der Waals surface area (Å²) in [6.07, 6.45) is 55.3. The van der Waals surface area contributed by atoms with Gasteiger partial charge in [0.15, 0.2) is 6.10 Å². The first-order chi connectivity index (χ1) is 31.7. The summed E-state index contributed by atoms with van der Waals surface area (Å²) in [5.74, 6) is 0.813. The van der Waals surface area contributed by atoms with E-state index in [1.165, 1.54) is 218 Å². The molecule has 6 nitrogen and oxygen atoms in total. The van der Waals surface area contributed by atoms with Crippen molar-refractivity contribution in [1.29, 1.82) is 0 Å². The maximum absolute atomic E-state index is 12.9. The Morgan fingerprint density at radius 3 is 0.754 bits per heavy atom. The van der Waals surface area contributed by atoms with Crippen molar-refractivity contribution in [3.8, 4) is 0 Å². The highest BCUT2D eigenvalue weighted by Gasteiger charge is 2.19. The van der Waals surface area contributed by atoms with Crippen LogP contribution < -0.4 is 0 Å². The fourth-order valence-corrected chi connectivity index (χ4v) is 9.05.